The second kappa shape index (κ2) is 3.09. The molecule has 0 saturated carbocycles. The first-order chi connectivity index (χ1) is 5.06. The molecule has 3 nitrogen and oxygen atoms in total. The van der Waals surface area contributed by atoms with Crippen LogP contribution in [-0.4, -0.2) is 41.3 Å². The van der Waals surface area contributed by atoms with Gasteiger partial charge in [-0.25, -0.2) is 0 Å². The lowest BCUT2D eigenvalue weighted by atomic mass is 9.93. The molecule has 0 atom stereocenters. The summed E-state index contributed by atoms with van der Waals surface area (Å²) in [4.78, 5) is 2.27. The Balaban J connectivity index is 2.33. The van der Waals surface area contributed by atoms with Crippen LogP contribution in [0.25, 0.3) is 0 Å². The summed E-state index contributed by atoms with van der Waals surface area (Å²) >= 11 is 0. The van der Waals surface area contributed by atoms with Crippen molar-refractivity contribution < 1.29 is 5.11 Å². The average Bonchev–Trinajstić information content (AvgIpc) is 1.81. The van der Waals surface area contributed by atoms with Gasteiger partial charge in [0.2, 0.25) is 0 Å². The summed E-state index contributed by atoms with van der Waals surface area (Å²) in [6.45, 7) is 6.69. The summed E-state index contributed by atoms with van der Waals surface area (Å²) in [5, 5.41) is 9.08. The molecule has 1 saturated heterocycles. The number of hydrogen-bond donors (Lipinski definition) is 2. The third-order valence-corrected chi connectivity index (χ3v) is 2.47. The van der Waals surface area contributed by atoms with Gasteiger partial charge in [-0.1, -0.05) is 0 Å². The number of nitrogens with zero attached hydrogens (tertiary/aromatic N) is 1. The number of likely N-dealkylation sites (tertiary alicyclic amines) is 1. The highest BCUT2D eigenvalue weighted by molar-refractivity contribution is 4.91. The van der Waals surface area contributed by atoms with Crippen molar-refractivity contribution in [2.75, 3.05) is 19.6 Å². The topological polar surface area (TPSA) is 49.5 Å². The van der Waals surface area contributed by atoms with Crippen LogP contribution in [0.3, 0.4) is 0 Å². The smallest absolute Gasteiger partial charge is 0.0794 e. The van der Waals surface area contributed by atoms with Crippen LogP contribution in [0.2, 0.25) is 0 Å². The molecule has 0 amide bonds. The Labute approximate surface area is 68.2 Å². The van der Waals surface area contributed by atoms with E-state index >= 15 is 0 Å². The molecular formula is C8H18N2O. The van der Waals surface area contributed by atoms with Gasteiger partial charge >= 0.3 is 0 Å². The van der Waals surface area contributed by atoms with Crippen molar-refractivity contribution in [2.24, 2.45) is 5.73 Å². The highest BCUT2D eigenvalue weighted by atomic mass is 16.3. The largest absolute Gasteiger partial charge is 0.390 e. The second-order valence-electron chi connectivity index (χ2n) is 3.91. The highest BCUT2D eigenvalue weighted by Gasteiger charge is 2.35. The van der Waals surface area contributed by atoms with Gasteiger partial charge in [0.15, 0.2) is 0 Å². The van der Waals surface area contributed by atoms with E-state index in [2.05, 4.69) is 18.7 Å². The van der Waals surface area contributed by atoms with Gasteiger partial charge in [-0.15, -0.1) is 0 Å². The van der Waals surface area contributed by atoms with Gasteiger partial charge in [-0.3, -0.25) is 4.90 Å². The molecule has 1 fully saturated rings. The van der Waals surface area contributed by atoms with E-state index < -0.39 is 0 Å². The molecular weight excluding hydrogens is 140 g/mol. The first-order valence-corrected chi connectivity index (χ1v) is 4.19. The minimum atomic E-state index is -0.105. The van der Waals surface area contributed by atoms with Crippen molar-refractivity contribution in [3.63, 3.8) is 0 Å². The maximum absolute atomic E-state index is 9.08. The molecule has 0 unspecified atom stereocenters. The number of rotatable bonds is 3. The number of hydrogen-bond acceptors (Lipinski definition) is 3. The Hall–Kier alpha value is -0.120. The van der Waals surface area contributed by atoms with E-state index in [-0.39, 0.29) is 11.6 Å². The molecule has 1 rings (SSSR count). The van der Waals surface area contributed by atoms with Crippen LogP contribution < -0.4 is 5.73 Å². The fourth-order valence-electron chi connectivity index (χ4n) is 1.46. The van der Waals surface area contributed by atoms with Crippen molar-refractivity contribution in [3.8, 4) is 0 Å². The molecule has 3 N–H and O–H groups in total. The molecule has 0 bridgehead atoms. The fraction of sp³-hybridized carbons (Fsp3) is 1.00. The molecule has 0 spiro atoms. The van der Waals surface area contributed by atoms with Gasteiger partial charge in [0.25, 0.3) is 0 Å². The van der Waals surface area contributed by atoms with Crippen LogP contribution in [0.4, 0.5) is 0 Å². The molecule has 1 aliphatic rings. The van der Waals surface area contributed by atoms with E-state index in [9.17, 15) is 0 Å². The Morgan fingerprint density at radius 3 is 2.45 bits per heavy atom. The van der Waals surface area contributed by atoms with Crippen LogP contribution in [-0.2, 0) is 0 Å². The minimum absolute atomic E-state index is 0.105. The summed E-state index contributed by atoms with van der Waals surface area (Å²) in [5.41, 5.74) is 5.65. The normalized spacial score (nSPS) is 21.8. The molecule has 1 aliphatic heterocycles. The van der Waals surface area contributed by atoms with Crippen molar-refractivity contribution in [1.82, 2.24) is 4.90 Å². The Kier molecular flexibility index (Phi) is 2.52. The number of nitrogens with two attached hydrogens (primary N) is 1. The Morgan fingerprint density at radius 2 is 2.09 bits per heavy atom. The average molecular weight is 158 g/mol. The highest BCUT2D eigenvalue weighted by Crippen LogP contribution is 2.23. The molecule has 11 heavy (non-hydrogen) atoms. The monoisotopic (exact) mass is 158 g/mol. The third-order valence-electron chi connectivity index (χ3n) is 2.47. The minimum Gasteiger partial charge on any atom is -0.390 e. The predicted molar refractivity (Wildman–Crippen MR) is 45.3 cm³/mol. The lowest BCUT2D eigenvalue weighted by molar-refractivity contribution is -0.0568. The summed E-state index contributed by atoms with van der Waals surface area (Å²) < 4.78 is 0. The van der Waals surface area contributed by atoms with Crippen LogP contribution in [0, 0.1) is 0 Å². The molecule has 0 aliphatic carbocycles. The maximum atomic E-state index is 9.08. The zero-order valence-corrected chi connectivity index (χ0v) is 7.38. The van der Waals surface area contributed by atoms with Gasteiger partial charge < -0.3 is 10.8 Å². The summed E-state index contributed by atoms with van der Waals surface area (Å²) in [7, 11) is 0. The molecule has 0 aromatic rings. The van der Waals surface area contributed by atoms with Gasteiger partial charge in [0.1, 0.15) is 0 Å². The van der Waals surface area contributed by atoms with Crippen LogP contribution in [0.15, 0.2) is 0 Å². The maximum Gasteiger partial charge on any atom is 0.0794 e. The van der Waals surface area contributed by atoms with Crippen molar-refractivity contribution in [2.45, 2.75) is 31.9 Å². The predicted octanol–water partition coefficient (Wildman–Crippen LogP) is -0.210. The first kappa shape index (κ1) is 8.97. The molecule has 0 radical (unpaired) electrons. The fourth-order valence-corrected chi connectivity index (χ4v) is 1.46. The number of aliphatic hydroxyl groups excluding tert-OH is 1. The van der Waals surface area contributed by atoms with E-state index in [4.69, 9.17) is 10.8 Å². The van der Waals surface area contributed by atoms with Crippen LogP contribution in [0.1, 0.15) is 20.3 Å². The van der Waals surface area contributed by atoms with Crippen molar-refractivity contribution in [3.05, 3.63) is 0 Å². The number of β-amino-alcohol motifs (C(OH)–C–C–N with tert-alkyl or cyclic N) is 1. The van der Waals surface area contributed by atoms with Gasteiger partial charge in [0.05, 0.1) is 6.10 Å². The SMILES string of the molecule is CC(C)(CCN)N1CC(O)C1. The Bertz CT molecular complexity index is 130. The van der Waals surface area contributed by atoms with E-state index in [0.717, 1.165) is 26.1 Å². The van der Waals surface area contributed by atoms with Crippen LogP contribution in [0.5, 0.6) is 0 Å². The quantitative estimate of drug-likeness (QED) is 0.597. The third kappa shape index (κ3) is 1.92. The molecule has 66 valence electrons. The van der Waals surface area contributed by atoms with Gasteiger partial charge in [-0.2, -0.15) is 0 Å². The zero-order chi connectivity index (χ0) is 8.48. The zero-order valence-electron chi connectivity index (χ0n) is 7.38. The summed E-state index contributed by atoms with van der Waals surface area (Å²) in [5.74, 6) is 0. The number of aliphatic hydroxyl groups is 1. The molecule has 0 aromatic heterocycles. The van der Waals surface area contributed by atoms with Gasteiger partial charge in [0, 0.05) is 18.6 Å². The molecule has 1 heterocycles. The summed E-state index contributed by atoms with van der Waals surface area (Å²) in [6, 6.07) is 0. The molecule has 0 aromatic carbocycles. The second-order valence-corrected chi connectivity index (χ2v) is 3.91. The summed E-state index contributed by atoms with van der Waals surface area (Å²) in [6.07, 6.45) is 0.895. The standard InChI is InChI=1S/C8H18N2O/c1-8(2,3-4-9)10-5-7(11)6-10/h7,11H,3-6,9H2,1-2H3. The lowest BCUT2D eigenvalue weighted by Crippen LogP contribution is -2.60. The van der Waals surface area contributed by atoms with Crippen molar-refractivity contribution in [1.29, 1.82) is 0 Å². The van der Waals surface area contributed by atoms with Crippen LogP contribution >= 0.6 is 0 Å². The van der Waals surface area contributed by atoms with Gasteiger partial charge in [-0.05, 0) is 26.8 Å². The van der Waals surface area contributed by atoms with E-state index in [1.54, 1.807) is 0 Å². The Morgan fingerprint density at radius 1 is 1.55 bits per heavy atom. The first-order valence-electron chi connectivity index (χ1n) is 4.19. The van der Waals surface area contributed by atoms with E-state index in [0.29, 0.717) is 0 Å². The van der Waals surface area contributed by atoms with E-state index in [1.165, 1.54) is 0 Å². The van der Waals surface area contributed by atoms with Crippen molar-refractivity contribution >= 4 is 0 Å². The molecule has 3 heteroatoms. The lowest BCUT2D eigenvalue weighted by Gasteiger charge is -2.47. The van der Waals surface area contributed by atoms with E-state index in [1.807, 2.05) is 0 Å².